The van der Waals surface area contributed by atoms with Crippen molar-refractivity contribution in [3.63, 3.8) is 0 Å². The maximum absolute atomic E-state index is 12.7. The molecule has 4 rings (SSSR count). The van der Waals surface area contributed by atoms with E-state index in [0.29, 0.717) is 29.6 Å². The van der Waals surface area contributed by atoms with Crippen molar-refractivity contribution in [2.24, 2.45) is 0 Å². The first-order valence-corrected chi connectivity index (χ1v) is 10.8. The monoisotopic (exact) mass is 447 g/mol. The molecule has 1 aliphatic heterocycles. The minimum Gasteiger partial charge on any atom is -0.368 e. The highest BCUT2D eigenvalue weighted by Gasteiger charge is 2.22. The molecule has 0 saturated carbocycles. The van der Waals surface area contributed by atoms with Gasteiger partial charge in [0.1, 0.15) is 5.82 Å². The topological polar surface area (TPSA) is 61.4 Å². The molecule has 29 heavy (non-hydrogen) atoms. The summed E-state index contributed by atoms with van der Waals surface area (Å²) in [5, 5.41) is 6.89. The molecule has 9 heteroatoms. The molecule has 2 aromatic heterocycles. The Morgan fingerprint density at radius 1 is 1.10 bits per heavy atom. The molecule has 0 unspecified atom stereocenters. The molecule has 6 nitrogen and oxygen atoms in total. The second-order valence-electron chi connectivity index (χ2n) is 6.63. The van der Waals surface area contributed by atoms with Gasteiger partial charge in [0.2, 0.25) is 5.91 Å². The van der Waals surface area contributed by atoms with E-state index in [2.05, 4.69) is 20.2 Å². The summed E-state index contributed by atoms with van der Waals surface area (Å²) in [6, 6.07) is 11.3. The van der Waals surface area contributed by atoms with Crippen LogP contribution in [0.25, 0.3) is 0 Å². The Morgan fingerprint density at radius 3 is 2.66 bits per heavy atom. The number of rotatable bonds is 5. The van der Waals surface area contributed by atoms with Crippen LogP contribution in [0.2, 0.25) is 10.0 Å². The standard InChI is InChI=1S/C20H19Cl2N5OS/c21-16-5-4-15(12-17(16)22)26-7-9-27(10-8-26)19(28)11-14-13-29-20(24-14)25-18-3-1-2-6-23-18/h1-6,12-13H,7-11H2,(H,23,24,25). The maximum atomic E-state index is 12.7. The highest BCUT2D eigenvalue weighted by molar-refractivity contribution is 7.13. The Labute approximate surface area is 183 Å². The van der Waals surface area contributed by atoms with E-state index in [1.807, 2.05) is 40.6 Å². The van der Waals surface area contributed by atoms with E-state index < -0.39 is 0 Å². The van der Waals surface area contributed by atoms with Gasteiger partial charge in [-0.1, -0.05) is 29.3 Å². The number of carbonyl (C=O) groups is 1. The minimum absolute atomic E-state index is 0.0912. The first-order chi connectivity index (χ1) is 14.1. The summed E-state index contributed by atoms with van der Waals surface area (Å²) in [6.45, 7) is 2.85. The molecule has 1 fully saturated rings. The van der Waals surface area contributed by atoms with Crippen molar-refractivity contribution in [1.82, 2.24) is 14.9 Å². The Morgan fingerprint density at radius 2 is 1.93 bits per heavy atom. The molecule has 0 radical (unpaired) electrons. The van der Waals surface area contributed by atoms with Crippen molar-refractivity contribution in [3.8, 4) is 0 Å². The van der Waals surface area contributed by atoms with E-state index in [1.165, 1.54) is 11.3 Å². The van der Waals surface area contributed by atoms with Crippen molar-refractivity contribution in [2.45, 2.75) is 6.42 Å². The molecule has 1 aliphatic rings. The maximum Gasteiger partial charge on any atom is 0.228 e. The number of carbonyl (C=O) groups excluding carboxylic acids is 1. The molecule has 3 heterocycles. The lowest BCUT2D eigenvalue weighted by molar-refractivity contribution is -0.130. The van der Waals surface area contributed by atoms with Crippen LogP contribution in [0.1, 0.15) is 5.69 Å². The molecular formula is C20H19Cl2N5OS. The summed E-state index contributed by atoms with van der Waals surface area (Å²) in [4.78, 5) is 25.5. The zero-order chi connectivity index (χ0) is 20.2. The van der Waals surface area contributed by atoms with Crippen LogP contribution >= 0.6 is 34.5 Å². The predicted molar refractivity (Wildman–Crippen MR) is 119 cm³/mol. The van der Waals surface area contributed by atoms with Gasteiger partial charge in [-0.3, -0.25) is 4.79 Å². The van der Waals surface area contributed by atoms with Crippen LogP contribution in [0, 0.1) is 0 Å². The van der Waals surface area contributed by atoms with E-state index >= 15 is 0 Å². The average Bonchev–Trinajstić information content (AvgIpc) is 3.17. The molecule has 1 N–H and O–H groups in total. The number of hydrogen-bond acceptors (Lipinski definition) is 6. The fourth-order valence-electron chi connectivity index (χ4n) is 3.15. The van der Waals surface area contributed by atoms with Gasteiger partial charge in [-0.2, -0.15) is 0 Å². The SMILES string of the molecule is O=C(Cc1csc(Nc2ccccn2)n1)N1CCN(c2ccc(Cl)c(Cl)c2)CC1. The number of aromatic nitrogens is 2. The number of thiazole rings is 1. The van der Waals surface area contributed by atoms with Gasteiger partial charge >= 0.3 is 0 Å². The molecule has 1 aromatic carbocycles. The van der Waals surface area contributed by atoms with E-state index in [1.54, 1.807) is 12.3 Å². The van der Waals surface area contributed by atoms with Gasteiger partial charge in [0.05, 0.1) is 22.2 Å². The smallest absolute Gasteiger partial charge is 0.228 e. The number of anilines is 3. The zero-order valence-electron chi connectivity index (χ0n) is 15.5. The van der Waals surface area contributed by atoms with Crippen LogP contribution in [0.3, 0.4) is 0 Å². The van der Waals surface area contributed by atoms with E-state index in [0.717, 1.165) is 35.4 Å². The van der Waals surface area contributed by atoms with Crippen LogP contribution in [0.4, 0.5) is 16.6 Å². The number of amides is 1. The van der Waals surface area contributed by atoms with E-state index in [9.17, 15) is 4.79 Å². The van der Waals surface area contributed by atoms with Crippen molar-refractivity contribution in [2.75, 3.05) is 36.4 Å². The number of benzene rings is 1. The number of piperazine rings is 1. The van der Waals surface area contributed by atoms with Gasteiger partial charge in [0, 0.05) is 43.4 Å². The molecule has 0 bridgehead atoms. The number of hydrogen-bond donors (Lipinski definition) is 1. The van der Waals surface area contributed by atoms with Crippen molar-refractivity contribution >= 4 is 57.1 Å². The normalized spacial score (nSPS) is 14.1. The Balaban J connectivity index is 1.30. The third-order valence-corrected chi connectivity index (χ3v) is 6.23. The summed E-state index contributed by atoms with van der Waals surface area (Å²) in [7, 11) is 0. The highest BCUT2D eigenvalue weighted by atomic mass is 35.5. The summed E-state index contributed by atoms with van der Waals surface area (Å²) in [6.07, 6.45) is 2.02. The van der Waals surface area contributed by atoms with Crippen molar-refractivity contribution in [1.29, 1.82) is 0 Å². The highest BCUT2D eigenvalue weighted by Crippen LogP contribution is 2.28. The van der Waals surface area contributed by atoms with Crippen LogP contribution in [0.5, 0.6) is 0 Å². The fraction of sp³-hybridized carbons (Fsp3) is 0.250. The minimum atomic E-state index is 0.0912. The summed E-state index contributed by atoms with van der Waals surface area (Å²) in [5.41, 5.74) is 1.79. The third-order valence-electron chi connectivity index (χ3n) is 4.68. The number of nitrogens with one attached hydrogen (secondary N) is 1. The molecule has 150 valence electrons. The quantitative estimate of drug-likeness (QED) is 0.624. The average molecular weight is 448 g/mol. The van der Waals surface area contributed by atoms with Crippen molar-refractivity contribution < 1.29 is 4.79 Å². The molecule has 3 aromatic rings. The largest absolute Gasteiger partial charge is 0.368 e. The first-order valence-electron chi connectivity index (χ1n) is 9.19. The summed E-state index contributed by atoms with van der Waals surface area (Å²) in [5.74, 6) is 0.826. The van der Waals surface area contributed by atoms with Gasteiger partial charge in [-0.25, -0.2) is 9.97 Å². The summed E-state index contributed by atoms with van der Waals surface area (Å²) < 4.78 is 0. The van der Waals surface area contributed by atoms with Crippen molar-refractivity contribution in [3.05, 3.63) is 63.7 Å². The Bertz CT molecular complexity index is 990. The van der Waals surface area contributed by atoms with E-state index in [-0.39, 0.29) is 5.91 Å². The molecule has 0 spiro atoms. The zero-order valence-corrected chi connectivity index (χ0v) is 17.8. The van der Waals surface area contributed by atoms with Gasteiger partial charge in [-0.05, 0) is 30.3 Å². The lowest BCUT2D eigenvalue weighted by Crippen LogP contribution is -2.49. The van der Waals surface area contributed by atoms with Gasteiger partial charge in [0.25, 0.3) is 0 Å². The van der Waals surface area contributed by atoms with Crippen LogP contribution in [0.15, 0.2) is 48.0 Å². The molecule has 1 amide bonds. The molecule has 0 aliphatic carbocycles. The van der Waals surface area contributed by atoms with Gasteiger partial charge in [0.15, 0.2) is 5.13 Å². The Hall–Kier alpha value is -2.35. The third kappa shape index (κ3) is 4.98. The second-order valence-corrected chi connectivity index (χ2v) is 8.30. The second kappa shape index (κ2) is 8.98. The first kappa shape index (κ1) is 19.9. The number of halogens is 2. The number of nitrogens with zero attached hydrogens (tertiary/aromatic N) is 4. The van der Waals surface area contributed by atoms with Crippen LogP contribution in [-0.2, 0) is 11.2 Å². The van der Waals surface area contributed by atoms with Crippen LogP contribution in [-0.4, -0.2) is 47.0 Å². The lowest BCUT2D eigenvalue weighted by atomic mass is 10.2. The summed E-state index contributed by atoms with van der Waals surface area (Å²) >= 11 is 13.6. The molecule has 1 saturated heterocycles. The lowest BCUT2D eigenvalue weighted by Gasteiger charge is -2.36. The Kier molecular flexibility index (Phi) is 6.18. The number of pyridine rings is 1. The fourth-order valence-corrected chi connectivity index (χ4v) is 4.16. The van der Waals surface area contributed by atoms with E-state index in [4.69, 9.17) is 23.2 Å². The van der Waals surface area contributed by atoms with Gasteiger partial charge in [-0.15, -0.1) is 11.3 Å². The molecular weight excluding hydrogens is 429 g/mol. The molecule has 0 atom stereocenters. The van der Waals surface area contributed by atoms with Crippen LogP contribution < -0.4 is 10.2 Å². The predicted octanol–water partition coefficient (Wildman–Crippen LogP) is 4.48. The van der Waals surface area contributed by atoms with Gasteiger partial charge < -0.3 is 15.1 Å².